The number of likely N-dealkylation sites (tertiary alicyclic amines) is 1. The lowest BCUT2D eigenvalue weighted by atomic mass is 9.94. The summed E-state index contributed by atoms with van der Waals surface area (Å²) in [5.41, 5.74) is 1.27. The highest BCUT2D eigenvalue weighted by molar-refractivity contribution is 6.33. The van der Waals surface area contributed by atoms with Gasteiger partial charge in [-0.25, -0.2) is 0 Å². The Labute approximate surface area is 119 Å². The average Bonchev–Trinajstić information content (AvgIpc) is 2.32. The first kappa shape index (κ1) is 14.3. The first-order valence-corrected chi connectivity index (χ1v) is 6.96. The standard InChI is InChI=1S/C14H20ClN3O/c1-9-8-18(3)5-4-13(9)17-14(19)11-7-16-10(2)6-12(11)15/h6-7,9,13H,4-5,8H2,1-3H3,(H,17,19). The minimum atomic E-state index is -0.126. The average molecular weight is 282 g/mol. The number of carbonyl (C=O) groups excluding carboxylic acids is 1. The number of nitrogens with zero attached hydrogens (tertiary/aromatic N) is 2. The molecule has 1 amide bonds. The zero-order valence-electron chi connectivity index (χ0n) is 11.6. The van der Waals surface area contributed by atoms with Crippen LogP contribution < -0.4 is 5.32 Å². The molecule has 5 heteroatoms. The summed E-state index contributed by atoms with van der Waals surface area (Å²) in [7, 11) is 2.11. The lowest BCUT2D eigenvalue weighted by Crippen LogP contribution is -2.48. The number of piperidine rings is 1. The summed E-state index contributed by atoms with van der Waals surface area (Å²) >= 11 is 6.09. The van der Waals surface area contributed by atoms with Crippen molar-refractivity contribution in [1.82, 2.24) is 15.2 Å². The minimum Gasteiger partial charge on any atom is -0.349 e. The number of amides is 1. The number of halogens is 1. The zero-order chi connectivity index (χ0) is 14.0. The summed E-state index contributed by atoms with van der Waals surface area (Å²) in [6.45, 7) is 6.03. The van der Waals surface area contributed by atoms with Crippen LogP contribution in [0, 0.1) is 12.8 Å². The molecule has 1 aromatic heterocycles. The maximum absolute atomic E-state index is 12.2. The minimum absolute atomic E-state index is 0.126. The van der Waals surface area contributed by atoms with Gasteiger partial charge in [0.2, 0.25) is 0 Å². The van der Waals surface area contributed by atoms with Gasteiger partial charge in [0, 0.05) is 24.5 Å². The van der Waals surface area contributed by atoms with Crippen molar-refractivity contribution in [2.24, 2.45) is 5.92 Å². The molecule has 0 radical (unpaired) electrons. The van der Waals surface area contributed by atoms with E-state index in [0.29, 0.717) is 16.5 Å². The van der Waals surface area contributed by atoms with Gasteiger partial charge in [-0.3, -0.25) is 9.78 Å². The van der Waals surface area contributed by atoms with Crippen molar-refractivity contribution in [2.75, 3.05) is 20.1 Å². The zero-order valence-corrected chi connectivity index (χ0v) is 12.4. The second-order valence-corrected chi connectivity index (χ2v) is 5.82. The number of nitrogens with one attached hydrogen (secondary N) is 1. The molecule has 104 valence electrons. The number of hydrogen-bond donors (Lipinski definition) is 1. The molecule has 2 rings (SSSR count). The van der Waals surface area contributed by atoms with E-state index in [-0.39, 0.29) is 11.9 Å². The van der Waals surface area contributed by atoms with Crippen molar-refractivity contribution < 1.29 is 4.79 Å². The molecular weight excluding hydrogens is 262 g/mol. The molecule has 0 aromatic carbocycles. The van der Waals surface area contributed by atoms with E-state index in [1.165, 1.54) is 0 Å². The van der Waals surface area contributed by atoms with Crippen LogP contribution in [0.4, 0.5) is 0 Å². The first-order chi connectivity index (χ1) is 8.97. The summed E-state index contributed by atoms with van der Waals surface area (Å²) in [4.78, 5) is 18.6. The Hall–Kier alpha value is -1.13. The van der Waals surface area contributed by atoms with Crippen LogP contribution in [-0.2, 0) is 0 Å². The Bertz CT molecular complexity index is 478. The van der Waals surface area contributed by atoms with Gasteiger partial charge in [0.1, 0.15) is 0 Å². The van der Waals surface area contributed by atoms with E-state index in [4.69, 9.17) is 11.6 Å². The second kappa shape index (κ2) is 5.88. The molecule has 0 saturated carbocycles. The second-order valence-electron chi connectivity index (χ2n) is 5.41. The fourth-order valence-electron chi connectivity index (χ4n) is 2.51. The highest BCUT2D eigenvalue weighted by atomic mass is 35.5. The van der Waals surface area contributed by atoms with Crippen molar-refractivity contribution in [2.45, 2.75) is 26.3 Å². The van der Waals surface area contributed by atoms with Crippen LogP contribution in [0.15, 0.2) is 12.3 Å². The quantitative estimate of drug-likeness (QED) is 0.903. The van der Waals surface area contributed by atoms with Gasteiger partial charge in [-0.1, -0.05) is 18.5 Å². The number of aromatic nitrogens is 1. The van der Waals surface area contributed by atoms with Crippen molar-refractivity contribution in [3.8, 4) is 0 Å². The van der Waals surface area contributed by atoms with E-state index in [0.717, 1.165) is 25.2 Å². The maximum Gasteiger partial charge on any atom is 0.254 e. The normalized spacial score (nSPS) is 24.2. The van der Waals surface area contributed by atoms with Gasteiger partial charge in [0.25, 0.3) is 5.91 Å². The molecule has 1 aromatic rings. The van der Waals surface area contributed by atoms with Crippen LogP contribution in [0.1, 0.15) is 29.4 Å². The molecule has 4 nitrogen and oxygen atoms in total. The number of hydrogen-bond acceptors (Lipinski definition) is 3. The van der Waals surface area contributed by atoms with Gasteiger partial charge in [-0.05, 0) is 38.9 Å². The predicted octanol–water partition coefficient (Wildman–Crippen LogP) is 2.11. The third-order valence-corrected chi connectivity index (χ3v) is 3.97. The third-order valence-electron chi connectivity index (χ3n) is 3.66. The van der Waals surface area contributed by atoms with Gasteiger partial charge in [0.15, 0.2) is 0 Å². The van der Waals surface area contributed by atoms with Gasteiger partial charge in [-0.2, -0.15) is 0 Å². The van der Waals surface area contributed by atoms with Gasteiger partial charge in [0.05, 0.1) is 10.6 Å². The van der Waals surface area contributed by atoms with Gasteiger partial charge in [-0.15, -0.1) is 0 Å². The fourth-order valence-corrected chi connectivity index (χ4v) is 2.80. The Balaban J connectivity index is 2.04. The van der Waals surface area contributed by atoms with E-state index in [1.54, 1.807) is 12.3 Å². The molecule has 1 N–H and O–H groups in total. The topological polar surface area (TPSA) is 45.2 Å². The van der Waals surface area contributed by atoms with Gasteiger partial charge >= 0.3 is 0 Å². The van der Waals surface area contributed by atoms with Crippen LogP contribution in [0.2, 0.25) is 5.02 Å². The Morgan fingerprint density at radius 2 is 2.32 bits per heavy atom. The van der Waals surface area contributed by atoms with Crippen molar-refractivity contribution in [1.29, 1.82) is 0 Å². The molecule has 0 bridgehead atoms. The van der Waals surface area contributed by atoms with Crippen LogP contribution in [-0.4, -0.2) is 42.0 Å². The van der Waals surface area contributed by atoms with Crippen molar-refractivity contribution in [3.63, 3.8) is 0 Å². The third kappa shape index (κ3) is 3.45. The molecule has 1 aliphatic heterocycles. The molecule has 19 heavy (non-hydrogen) atoms. The van der Waals surface area contributed by atoms with E-state index in [1.807, 2.05) is 6.92 Å². The molecule has 0 aliphatic carbocycles. The Morgan fingerprint density at radius 1 is 1.58 bits per heavy atom. The van der Waals surface area contributed by atoms with E-state index >= 15 is 0 Å². The lowest BCUT2D eigenvalue weighted by Gasteiger charge is -2.35. The molecule has 0 spiro atoms. The van der Waals surface area contributed by atoms with E-state index < -0.39 is 0 Å². The van der Waals surface area contributed by atoms with Gasteiger partial charge < -0.3 is 10.2 Å². The van der Waals surface area contributed by atoms with Crippen LogP contribution >= 0.6 is 11.6 Å². The lowest BCUT2D eigenvalue weighted by molar-refractivity contribution is 0.0883. The van der Waals surface area contributed by atoms with Crippen LogP contribution in [0.25, 0.3) is 0 Å². The SMILES string of the molecule is Cc1cc(Cl)c(C(=O)NC2CCN(C)CC2C)cn1. The fraction of sp³-hybridized carbons (Fsp3) is 0.571. The van der Waals surface area contributed by atoms with Crippen molar-refractivity contribution >= 4 is 17.5 Å². The molecule has 2 unspecified atom stereocenters. The van der Waals surface area contributed by atoms with Crippen LogP contribution in [0.5, 0.6) is 0 Å². The number of pyridine rings is 1. The highest BCUT2D eigenvalue weighted by Gasteiger charge is 2.26. The first-order valence-electron chi connectivity index (χ1n) is 6.59. The number of aryl methyl sites for hydroxylation is 1. The number of carbonyl (C=O) groups is 1. The van der Waals surface area contributed by atoms with E-state index in [2.05, 4.69) is 29.2 Å². The number of rotatable bonds is 2. The molecule has 1 aliphatic rings. The molecule has 2 heterocycles. The van der Waals surface area contributed by atoms with E-state index in [9.17, 15) is 4.79 Å². The molecule has 2 atom stereocenters. The highest BCUT2D eigenvalue weighted by Crippen LogP contribution is 2.19. The molecule has 1 saturated heterocycles. The Morgan fingerprint density at radius 3 is 2.95 bits per heavy atom. The Kier molecular flexibility index (Phi) is 4.42. The molecular formula is C14H20ClN3O. The molecule has 1 fully saturated rings. The summed E-state index contributed by atoms with van der Waals surface area (Å²) < 4.78 is 0. The summed E-state index contributed by atoms with van der Waals surface area (Å²) in [5.74, 6) is 0.318. The summed E-state index contributed by atoms with van der Waals surface area (Å²) in [6, 6.07) is 1.93. The largest absolute Gasteiger partial charge is 0.349 e. The van der Waals surface area contributed by atoms with Crippen molar-refractivity contribution in [3.05, 3.63) is 28.5 Å². The monoisotopic (exact) mass is 281 g/mol. The maximum atomic E-state index is 12.2. The summed E-state index contributed by atoms with van der Waals surface area (Å²) in [6.07, 6.45) is 2.52. The summed E-state index contributed by atoms with van der Waals surface area (Å²) in [5, 5.41) is 3.54. The van der Waals surface area contributed by atoms with Crippen LogP contribution in [0.3, 0.4) is 0 Å². The predicted molar refractivity (Wildman–Crippen MR) is 76.5 cm³/mol. The smallest absolute Gasteiger partial charge is 0.254 e.